The molecule has 0 saturated carbocycles. The number of nitrogen functional groups attached to an aromatic ring is 1. The van der Waals surface area contributed by atoms with E-state index < -0.39 is 5.56 Å². The summed E-state index contributed by atoms with van der Waals surface area (Å²) < 4.78 is 34.6. The summed E-state index contributed by atoms with van der Waals surface area (Å²) in [5.74, 6) is 3.34. The van der Waals surface area contributed by atoms with E-state index in [-0.39, 0.29) is 33.2 Å². The molecular formula is C49H36Br2Cl5N7O7. The van der Waals surface area contributed by atoms with E-state index in [0.717, 1.165) is 5.75 Å². The van der Waals surface area contributed by atoms with Gasteiger partial charge in [0.2, 0.25) is 11.8 Å². The summed E-state index contributed by atoms with van der Waals surface area (Å²) in [6.45, 7) is 5.70. The number of aromatic amines is 1. The summed E-state index contributed by atoms with van der Waals surface area (Å²) in [5, 5.41) is 28.3. The lowest BCUT2D eigenvalue weighted by molar-refractivity contribution is 0.319. The van der Waals surface area contributed by atoms with Gasteiger partial charge in [-0.1, -0.05) is 76.2 Å². The number of H-pyrrole nitrogens is 1. The zero-order valence-electron chi connectivity index (χ0n) is 37.3. The van der Waals surface area contributed by atoms with E-state index in [0.29, 0.717) is 105 Å². The predicted octanol–water partition coefficient (Wildman–Crippen LogP) is 14.5. The number of nitriles is 3. The Balaban J connectivity index is 0.000000199. The summed E-state index contributed by atoms with van der Waals surface area (Å²) >= 11 is 37.1. The largest absolute Gasteiger partial charge is 0.493 e. The van der Waals surface area contributed by atoms with E-state index in [9.17, 15) is 4.79 Å². The van der Waals surface area contributed by atoms with Gasteiger partial charge in [-0.25, -0.2) is 9.97 Å². The first-order valence-electron chi connectivity index (χ1n) is 20.0. The Morgan fingerprint density at radius 3 is 1.53 bits per heavy atom. The average molecular weight is 1170 g/mol. The van der Waals surface area contributed by atoms with Crippen LogP contribution in [0.15, 0.2) is 98.7 Å². The third-order valence-corrected chi connectivity index (χ3v) is 12.5. The van der Waals surface area contributed by atoms with Crippen molar-refractivity contribution in [3.63, 3.8) is 0 Å². The van der Waals surface area contributed by atoms with E-state index >= 15 is 0 Å². The van der Waals surface area contributed by atoms with Crippen LogP contribution in [0.4, 0.5) is 5.69 Å². The van der Waals surface area contributed by atoms with Crippen LogP contribution < -0.4 is 39.7 Å². The van der Waals surface area contributed by atoms with E-state index in [2.05, 4.69) is 46.8 Å². The normalized spacial score (nSPS) is 10.2. The molecule has 0 saturated heterocycles. The predicted molar refractivity (Wildman–Crippen MR) is 277 cm³/mol. The number of rotatable bonds is 12. The SMILES string of the molecule is COc1nc(C)c(Br)c(Oc2cc(Cl)cc(C#N)c2)c1Cl.COc1nc(C)c(Br)c(Oc2cc(Cl)cc(C#N)c2)c1N.Cc1[nH]c(=O)c(Cl)c(Oc2cc(Cl)cc(C#N)c2)c1CCOc1ccccc1. The molecule has 0 aliphatic rings. The maximum Gasteiger partial charge on any atom is 0.270 e. The summed E-state index contributed by atoms with van der Waals surface area (Å²) in [5.41, 5.74) is 9.57. The highest BCUT2D eigenvalue weighted by Gasteiger charge is 2.21. The van der Waals surface area contributed by atoms with Crippen molar-refractivity contribution in [2.45, 2.75) is 27.2 Å². The molecular weight excluding hydrogens is 1140 g/mol. The van der Waals surface area contributed by atoms with Crippen LogP contribution >= 0.6 is 89.9 Å². The number of aryl methyl sites for hydroxylation is 3. The molecule has 21 heteroatoms. The van der Waals surface area contributed by atoms with Gasteiger partial charge in [0.15, 0.2) is 17.2 Å². The first-order valence-corrected chi connectivity index (χ1v) is 23.5. The first-order chi connectivity index (χ1) is 33.4. The molecule has 0 atom stereocenters. The second kappa shape index (κ2) is 25.5. The Morgan fingerprint density at radius 2 is 1.06 bits per heavy atom. The number of ether oxygens (including phenoxy) is 6. The lowest BCUT2D eigenvalue weighted by atomic mass is 10.1. The van der Waals surface area contributed by atoms with Gasteiger partial charge < -0.3 is 39.1 Å². The Morgan fingerprint density at radius 1 is 0.614 bits per heavy atom. The molecule has 14 nitrogen and oxygen atoms in total. The number of methoxy groups -OCH3 is 2. The van der Waals surface area contributed by atoms with Crippen LogP contribution in [0, 0.1) is 54.8 Å². The minimum absolute atomic E-state index is 0.0706. The average Bonchev–Trinajstić information content (AvgIpc) is 3.34. The molecule has 0 aliphatic heterocycles. The lowest BCUT2D eigenvalue weighted by Gasteiger charge is -2.15. The standard InChI is InChI=1S/C21H16Cl2N2O3.C14H9BrCl2N2O2.C14H11BrClN3O2/c1-13-18(7-8-27-16-5-3-2-4-6-16)20(19(23)21(26)25-13)28-17-10-14(12-24)9-15(22)11-17;1-7-11(15)13(12(17)14(19-7)20-2)21-10-4-8(6-18)3-9(16)5-10;1-7-11(15)13(12(18)14(19-7)20-2)21-10-4-8(6-17)3-9(16)5-10/h2-6,9-11H,7-8H2,1H3,(H,25,26);3-5H,1-2H3;3-5H,18H2,1-2H3. The summed E-state index contributed by atoms with van der Waals surface area (Å²) in [6.07, 6.45) is 0.457. The van der Waals surface area contributed by atoms with Crippen molar-refractivity contribution in [3.8, 4) is 70.2 Å². The minimum atomic E-state index is -0.454. The number of anilines is 1. The molecule has 3 N–H and O–H groups in total. The summed E-state index contributed by atoms with van der Waals surface area (Å²) in [6, 6.07) is 29.5. The minimum Gasteiger partial charge on any atom is -0.493 e. The molecule has 0 unspecified atom stereocenters. The van der Waals surface area contributed by atoms with Crippen molar-refractivity contribution >= 4 is 95.6 Å². The molecule has 7 rings (SSSR count). The number of aromatic nitrogens is 3. The Labute approximate surface area is 444 Å². The number of hydrogen-bond donors (Lipinski definition) is 2. The first kappa shape index (κ1) is 54.5. The Hall–Kier alpha value is -6.39. The van der Waals surface area contributed by atoms with Crippen molar-refractivity contribution < 1.29 is 28.4 Å². The van der Waals surface area contributed by atoms with Crippen LogP contribution in [0.1, 0.15) is 39.3 Å². The van der Waals surface area contributed by atoms with Gasteiger partial charge in [-0.05, 0) is 119 Å². The van der Waals surface area contributed by atoms with Crippen LogP contribution in [0.2, 0.25) is 25.1 Å². The number of para-hydroxylation sites is 1. The highest BCUT2D eigenvalue weighted by Crippen LogP contribution is 2.44. The second-order valence-corrected chi connectivity index (χ2v) is 17.9. The van der Waals surface area contributed by atoms with E-state index in [1.165, 1.54) is 26.4 Å². The van der Waals surface area contributed by atoms with Crippen LogP contribution in [-0.4, -0.2) is 35.8 Å². The number of nitrogens with zero attached hydrogens (tertiary/aromatic N) is 5. The van der Waals surface area contributed by atoms with Crippen molar-refractivity contribution in [1.29, 1.82) is 15.8 Å². The zero-order chi connectivity index (χ0) is 51.2. The quantitative estimate of drug-likeness (QED) is 0.117. The summed E-state index contributed by atoms with van der Waals surface area (Å²) in [7, 11) is 2.95. The van der Waals surface area contributed by atoms with Gasteiger partial charge in [0, 0.05) is 32.7 Å². The number of pyridine rings is 3. The zero-order valence-corrected chi connectivity index (χ0v) is 44.3. The Kier molecular flexibility index (Phi) is 19.8. The fourth-order valence-electron chi connectivity index (χ4n) is 6.04. The highest BCUT2D eigenvalue weighted by atomic mass is 79.9. The lowest BCUT2D eigenvalue weighted by Crippen LogP contribution is -2.14. The van der Waals surface area contributed by atoms with E-state index in [1.54, 1.807) is 63.2 Å². The number of halogens is 7. The number of benzene rings is 4. The number of nitrogens with one attached hydrogen (secondary N) is 1. The molecule has 0 fully saturated rings. The van der Waals surface area contributed by atoms with Crippen molar-refractivity contribution in [2.75, 3.05) is 26.6 Å². The molecule has 0 spiro atoms. The molecule has 0 radical (unpaired) electrons. The van der Waals surface area contributed by atoms with E-state index in [1.807, 2.05) is 48.5 Å². The number of hydrogen-bond acceptors (Lipinski definition) is 13. The van der Waals surface area contributed by atoms with Gasteiger partial charge in [-0.2, -0.15) is 15.8 Å². The fraction of sp³-hybridized carbons (Fsp3) is 0.143. The topological polar surface area (TPSA) is 211 Å². The van der Waals surface area contributed by atoms with Crippen molar-refractivity contribution in [2.24, 2.45) is 0 Å². The van der Waals surface area contributed by atoms with Crippen LogP contribution in [-0.2, 0) is 6.42 Å². The number of nitrogens with two attached hydrogens (primary N) is 1. The fourth-order valence-corrected chi connectivity index (χ4v) is 8.04. The smallest absolute Gasteiger partial charge is 0.270 e. The molecule has 4 aromatic carbocycles. The van der Waals surface area contributed by atoms with Crippen LogP contribution in [0.5, 0.6) is 52.0 Å². The van der Waals surface area contributed by atoms with Gasteiger partial charge in [0.05, 0.1) is 76.1 Å². The molecule has 70 heavy (non-hydrogen) atoms. The van der Waals surface area contributed by atoms with Gasteiger partial charge in [0.25, 0.3) is 5.56 Å². The second-order valence-electron chi connectivity index (χ2n) is 14.2. The maximum absolute atomic E-state index is 12.1. The van der Waals surface area contributed by atoms with Crippen LogP contribution in [0.3, 0.4) is 0 Å². The molecule has 358 valence electrons. The van der Waals surface area contributed by atoms with E-state index in [4.69, 9.17) is 108 Å². The molecule has 0 amide bonds. The molecule has 3 aromatic heterocycles. The van der Waals surface area contributed by atoms with Crippen LogP contribution in [0.25, 0.3) is 0 Å². The molecule has 0 bridgehead atoms. The molecule has 3 heterocycles. The van der Waals surface area contributed by atoms with Gasteiger partial charge >= 0.3 is 0 Å². The monoisotopic (exact) mass is 1170 g/mol. The highest BCUT2D eigenvalue weighted by molar-refractivity contribution is 9.11. The third-order valence-electron chi connectivity index (χ3n) is 9.27. The summed E-state index contributed by atoms with van der Waals surface area (Å²) in [4.78, 5) is 23.2. The van der Waals surface area contributed by atoms with Crippen molar-refractivity contribution in [1.82, 2.24) is 15.0 Å². The molecule has 7 aromatic rings. The van der Waals surface area contributed by atoms with Crippen molar-refractivity contribution in [3.05, 3.63) is 169 Å². The van der Waals surface area contributed by atoms with Gasteiger partial charge in [-0.3, -0.25) is 4.79 Å². The Bertz CT molecular complexity index is 3130. The van der Waals surface area contributed by atoms with Gasteiger partial charge in [-0.15, -0.1) is 0 Å². The van der Waals surface area contributed by atoms with Gasteiger partial charge in [0.1, 0.15) is 38.7 Å². The maximum atomic E-state index is 12.1. The third kappa shape index (κ3) is 14.3. The molecule has 0 aliphatic carbocycles.